The summed E-state index contributed by atoms with van der Waals surface area (Å²) in [6, 6.07) is 18.9. The molecule has 1 atom stereocenters. The van der Waals surface area contributed by atoms with Gasteiger partial charge in [-0.2, -0.15) is 0 Å². The average Bonchev–Trinajstić information content (AvgIpc) is 2.62. The Morgan fingerprint density at radius 2 is 1.54 bits per heavy atom. The minimum Gasteiger partial charge on any atom is -0.223 e. The molecule has 0 saturated heterocycles. The summed E-state index contributed by atoms with van der Waals surface area (Å²) in [6.07, 6.45) is 4.51. The monoisotopic (exact) mass is 386 g/mol. The molecular formula is C22H26O2S2. The van der Waals surface area contributed by atoms with Crippen LogP contribution in [-0.4, -0.2) is 19.4 Å². The lowest BCUT2D eigenvalue weighted by molar-refractivity contribution is 0.587. The summed E-state index contributed by atoms with van der Waals surface area (Å²) in [7, 11) is -3.39. The van der Waals surface area contributed by atoms with Crippen molar-refractivity contribution < 1.29 is 8.42 Å². The van der Waals surface area contributed by atoms with Gasteiger partial charge in [-0.15, -0.1) is 11.8 Å². The Hall–Kier alpha value is -1.78. The van der Waals surface area contributed by atoms with E-state index in [4.69, 9.17) is 0 Å². The van der Waals surface area contributed by atoms with Crippen molar-refractivity contribution in [3.05, 3.63) is 84.0 Å². The van der Waals surface area contributed by atoms with Gasteiger partial charge in [-0.05, 0) is 51.5 Å². The molecule has 0 bridgehead atoms. The maximum atomic E-state index is 13.0. The second-order valence-corrected chi connectivity index (χ2v) is 9.78. The number of sulfone groups is 1. The van der Waals surface area contributed by atoms with Crippen molar-refractivity contribution in [2.75, 3.05) is 5.75 Å². The van der Waals surface area contributed by atoms with Crippen LogP contribution >= 0.6 is 11.8 Å². The summed E-state index contributed by atoms with van der Waals surface area (Å²) in [5, 5.41) is -0.534. The topological polar surface area (TPSA) is 34.1 Å². The van der Waals surface area contributed by atoms with E-state index >= 15 is 0 Å². The molecule has 26 heavy (non-hydrogen) atoms. The van der Waals surface area contributed by atoms with Crippen molar-refractivity contribution >= 4 is 21.6 Å². The quantitative estimate of drug-likeness (QED) is 0.417. The van der Waals surface area contributed by atoms with E-state index in [0.717, 1.165) is 16.9 Å². The third kappa shape index (κ3) is 6.19. The lowest BCUT2D eigenvalue weighted by Crippen LogP contribution is -2.20. The van der Waals surface area contributed by atoms with E-state index in [-0.39, 0.29) is 0 Å². The van der Waals surface area contributed by atoms with Gasteiger partial charge in [0.2, 0.25) is 0 Å². The Balaban J connectivity index is 2.12. The van der Waals surface area contributed by atoms with Gasteiger partial charge in [0.05, 0.1) is 10.1 Å². The molecule has 2 nitrogen and oxygen atoms in total. The summed E-state index contributed by atoms with van der Waals surface area (Å²) in [4.78, 5) is 1.60. The lowest BCUT2D eigenvalue weighted by atomic mass is 10.1. The number of thioether (sulfide) groups is 1. The van der Waals surface area contributed by atoms with E-state index in [1.165, 1.54) is 4.90 Å². The molecule has 0 amide bonds. The summed E-state index contributed by atoms with van der Waals surface area (Å²) in [5.41, 5.74) is 2.11. The van der Waals surface area contributed by atoms with Gasteiger partial charge < -0.3 is 0 Å². The summed E-state index contributed by atoms with van der Waals surface area (Å²) in [5.74, 6) is 0.836. The first kappa shape index (κ1) is 20.5. The SMILES string of the molecule is CC(C)=CC(CC(C)=CCSc1ccccc1)S(=O)(=O)c1ccccc1. The Labute approximate surface area is 162 Å². The molecule has 2 aromatic rings. The van der Waals surface area contributed by atoms with Crippen molar-refractivity contribution in [1.82, 2.24) is 0 Å². The molecule has 0 fully saturated rings. The van der Waals surface area contributed by atoms with E-state index in [1.807, 2.05) is 51.1 Å². The van der Waals surface area contributed by atoms with Crippen LogP contribution in [-0.2, 0) is 9.84 Å². The van der Waals surface area contributed by atoms with Gasteiger partial charge >= 0.3 is 0 Å². The fourth-order valence-corrected chi connectivity index (χ4v) is 5.34. The Morgan fingerprint density at radius 3 is 2.12 bits per heavy atom. The minimum absolute atomic E-state index is 0.383. The van der Waals surface area contributed by atoms with Gasteiger partial charge in [-0.25, -0.2) is 8.42 Å². The highest BCUT2D eigenvalue weighted by molar-refractivity contribution is 7.99. The average molecular weight is 387 g/mol. The van der Waals surface area contributed by atoms with Gasteiger partial charge in [0.15, 0.2) is 9.84 Å². The second kappa shape index (κ2) is 9.79. The van der Waals surface area contributed by atoms with E-state index < -0.39 is 15.1 Å². The molecular weight excluding hydrogens is 360 g/mol. The molecule has 0 aliphatic rings. The van der Waals surface area contributed by atoms with E-state index in [0.29, 0.717) is 11.3 Å². The first-order chi connectivity index (χ1) is 12.4. The van der Waals surface area contributed by atoms with E-state index in [2.05, 4.69) is 18.2 Å². The number of rotatable bonds is 8. The van der Waals surface area contributed by atoms with Gasteiger partial charge in [-0.1, -0.05) is 59.7 Å². The highest BCUT2D eigenvalue weighted by Gasteiger charge is 2.25. The van der Waals surface area contributed by atoms with Crippen LogP contribution < -0.4 is 0 Å². The fraction of sp³-hybridized carbons (Fsp3) is 0.273. The smallest absolute Gasteiger partial charge is 0.185 e. The minimum atomic E-state index is -3.39. The van der Waals surface area contributed by atoms with Crippen molar-refractivity contribution in [1.29, 1.82) is 0 Å². The molecule has 1 unspecified atom stereocenters. The highest BCUT2D eigenvalue weighted by Crippen LogP contribution is 2.24. The maximum absolute atomic E-state index is 13.0. The van der Waals surface area contributed by atoms with Crippen LogP contribution in [0.2, 0.25) is 0 Å². The molecule has 0 aromatic heterocycles. The lowest BCUT2D eigenvalue weighted by Gasteiger charge is -2.16. The zero-order valence-corrected chi connectivity index (χ0v) is 17.2. The second-order valence-electron chi connectivity index (χ2n) is 6.52. The first-order valence-electron chi connectivity index (χ1n) is 8.67. The maximum Gasteiger partial charge on any atom is 0.185 e. The van der Waals surface area contributed by atoms with Crippen LogP contribution in [0.1, 0.15) is 27.2 Å². The zero-order chi connectivity index (χ0) is 19.0. The number of hydrogen-bond donors (Lipinski definition) is 0. The predicted octanol–water partition coefficient (Wildman–Crippen LogP) is 5.92. The molecule has 0 N–H and O–H groups in total. The van der Waals surface area contributed by atoms with Crippen molar-refractivity contribution in [2.24, 2.45) is 0 Å². The third-order valence-electron chi connectivity index (χ3n) is 3.94. The molecule has 0 saturated carbocycles. The molecule has 0 spiro atoms. The standard InChI is InChI=1S/C22H26O2S2/c1-18(2)16-22(26(23,24)21-12-8-5-9-13-21)17-19(3)14-15-25-20-10-6-4-7-11-20/h4-14,16,22H,15,17H2,1-3H3. The van der Waals surface area contributed by atoms with Crippen LogP contribution in [0, 0.1) is 0 Å². The molecule has 0 aliphatic carbocycles. The highest BCUT2D eigenvalue weighted by atomic mass is 32.2. The first-order valence-corrected chi connectivity index (χ1v) is 11.2. The van der Waals surface area contributed by atoms with E-state index in [1.54, 1.807) is 36.0 Å². The van der Waals surface area contributed by atoms with Crippen LogP contribution in [0.5, 0.6) is 0 Å². The molecule has 2 rings (SSSR count). The molecule has 0 aliphatic heterocycles. The van der Waals surface area contributed by atoms with E-state index in [9.17, 15) is 8.42 Å². The Morgan fingerprint density at radius 1 is 0.962 bits per heavy atom. The van der Waals surface area contributed by atoms with Crippen molar-refractivity contribution in [2.45, 2.75) is 42.2 Å². The summed E-state index contributed by atoms with van der Waals surface area (Å²) < 4.78 is 26.0. The number of allylic oxidation sites excluding steroid dienone is 2. The van der Waals surface area contributed by atoms with Crippen LogP contribution in [0.3, 0.4) is 0 Å². The van der Waals surface area contributed by atoms with Crippen molar-refractivity contribution in [3.63, 3.8) is 0 Å². The van der Waals surface area contributed by atoms with Gasteiger partial charge in [0.25, 0.3) is 0 Å². The van der Waals surface area contributed by atoms with Crippen molar-refractivity contribution in [3.8, 4) is 0 Å². The number of benzene rings is 2. The largest absolute Gasteiger partial charge is 0.223 e. The zero-order valence-electron chi connectivity index (χ0n) is 15.6. The summed E-state index contributed by atoms with van der Waals surface area (Å²) >= 11 is 1.75. The van der Waals surface area contributed by atoms with Gasteiger partial charge in [0.1, 0.15) is 0 Å². The molecule has 0 heterocycles. The molecule has 2 aromatic carbocycles. The van der Waals surface area contributed by atoms with Crippen LogP contribution in [0.15, 0.2) is 93.8 Å². The number of hydrogen-bond acceptors (Lipinski definition) is 3. The molecule has 4 heteroatoms. The van der Waals surface area contributed by atoms with Crippen LogP contribution in [0.25, 0.3) is 0 Å². The van der Waals surface area contributed by atoms with Gasteiger partial charge in [0, 0.05) is 10.6 Å². The molecule has 138 valence electrons. The van der Waals surface area contributed by atoms with Gasteiger partial charge in [-0.3, -0.25) is 0 Å². The normalized spacial score (nSPS) is 13.3. The third-order valence-corrected chi connectivity index (χ3v) is 6.91. The fourth-order valence-electron chi connectivity index (χ4n) is 2.61. The van der Waals surface area contributed by atoms with Crippen LogP contribution in [0.4, 0.5) is 0 Å². The molecule has 0 radical (unpaired) electrons. The Bertz CT molecular complexity index is 848. The predicted molar refractivity (Wildman–Crippen MR) is 112 cm³/mol. The Kier molecular flexibility index (Phi) is 7.73. The summed E-state index contributed by atoms with van der Waals surface area (Å²) in [6.45, 7) is 5.90.